The van der Waals surface area contributed by atoms with Crippen LogP contribution < -0.4 is 0 Å². The lowest BCUT2D eigenvalue weighted by Gasteiger charge is -2.33. The van der Waals surface area contributed by atoms with Gasteiger partial charge >= 0.3 is 5.97 Å². The van der Waals surface area contributed by atoms with E-state index < -0.39 is 11.6 Å². The Labute approximate surface area is 140 Å². The zero-order chi connectivity index (χ0) is 16.7. The third-order valence-corrected chi connectivity index (χ3v) is 5.69. The van der Waals surface area contributed by atoms with Crippen molar-refractivity contribution in [2.45, 2.75) is 50.2 Å². The lowest BCUT2D eigenvalue weighted by Crippen LogP contribution is -2.32. The molecule has 1 unspecified atom stereocenters. The highest BCUT2D eigenvalue weighted by atomic mass is 19.1. The van der Waals surface area contributed by atoms with Gasteiger partial charge in [-0.25, -0.2) is 9.37 Å². The normalized spacial score (nSPS) is 28.4. The standard InChI is InChI=1S/C19H21FN2O2/c20-19(8-5-13(6-9-19)18(23)24)10-7-16-14-3-1-2-4-15(14)17-11-21-12-22(16)17/h1-4,11-13,16H,5-10H2,(H,23,24). The number of rotatable bonds is 4. The van der Waals surface area contributed by atoms with Crippen LogP contribution in [0.15, 0.2) is 36.8 Å². The van der Waals surface area contributed by atoms with E-state index in [9.17, 15) is 4.79 Å². The zero-order valence-electron chi connectivity index (χ0n) is 13.5. The van der Waals surface area contributed by atoms with Crippen LogP contribution in [-0.2, 0) is 4.79 Å². The minimum absolute atomic E-state index is 0.128. The molecule has 2 aliphatic rings. The van der Waals surface area contributed by atoms with E-state index in [4.69, 9.17) is 5.11 Å². The Kier molecular flexibility index (Phi) is 3.66. The average molecular weight is 328 g/mol. The van der Waals surface area contributed by atoms with E-state index in [0.717, 1.165) is 5.69 Å². The number of nitrogens with zero attached hydrogens (tertiary/aromatic N) is 2. The van der Waals surface area contributed by atoms with Gasteiger partial charge in [-0.15, -0.1) is 0 Å². The summed E-state index contributed by atoms with van der Waals surface area (Å²) in [5.74, 6) is -1.16. The van der Waals surface area contributed by atoms with Crippen LogP contribution in [0.1, 0.15) is 50.1 Å². The first-order chi connectivity index (χ1) is 11.6. The topological polar surface area (TPSA) is 55.1 Å². The fraction of sp³-hybridized carbons (Fsp3) is 0.474. The minimum Gasteiger partial charge on any atom is -0.481 e. The number of aromatic nitrogens is 2. The van der Waals surface area contributed by atoms with E-state index in [1.54, 1.807) is 0 Å². The molecule has 126 valence electrons. The summed E-state index contributed by atoms with van der Waals surface area (Å²) in [6.45, 7) is 0. The number of hydrogen-bond acceptors (Lipinski definition) is 2. The second kappa shape index (κ2) is 5.72. The van der Waals surface area contributed by atoms with Crippen molar-refractivity contribution in [1.82, 2.24) is 9.55 Å². The number of carbonyl (C=O) groups is 1. The van der Waals surface area contributed by atoms with Gasteiger partial charge in [0.25, 0.3) is 0 Å². The lowest BCUT2D eigenvalue weighted by atomic mass is 9.77. The molecule has 1 aliphatic carbocycles. The van der Waals surface area contributed by atoms with Crippen molar-refractivity contribution in [2.75, 3.05) is 0 Å². The SMILES string of the molecule is O=C(O)C1CCC(F)(CCC2c3ccccc3-c3cncn32)CC1. The van der Waals surface area contributed by atoms with Gasteiger partial charge in [-0.05, 0) is 44.1 Å². The summed E-state index contributed by atoms with van der Waals surface area (Å²) < 4.78 is 17.3. The Morgan fingerprint density at radius 1 is 1.33 bits per heavy atom. The second-order valence-electron chi connectivity index (χ2n) is 7.09. The predicted octanol–water partition coefficient (Wildman–Crippen LogP) is 4.22. The molecule has 1 N–H and O–H groups in total. The molecule has 5 heteroatoms. The summed E-state index contributed by atoms with van der Waals surface area (Å²) in [5, 5.41) is 9.07. The Hall–Kier alpha value is -2.17. The van der Waals surface area contributed by atoms with E-state index in [0.29, 0.717) is 38.5 Å². The van der Waals surface area contributed by atoms with Crippen LogP contribution in [0.5, 0.6) is 0 Å². The average Bonchev–Trinajstić information content (AvgIpc) is 3.15. The van der Waals surface area contributed by atoms with Crippen molar-refractivity contribution in [1.29, 1.82) is 0 Å². The van der Waals surface area contributed by atoms with E-state index in [-0.39, 0.29) is 12.0 Å². The van der Waals surface area contributed by atoms with Gasteiger partial charge in [0.1, 0.15) is 5.67 Å². The number of carboxylic acids is 1. The van der Waals surface area contributed by atoms with Gasteiger partial charge in [-0.2, -0.15) is 0 Å². The van der Waals surface area contributed by atoms with Crippen LogP contribution >= 0.6 is 0 Å². The number of fused-ring (bicyclic) bond motifs is 3. The molecule has 1 saturated carbocycles. The van der Waals surface area contributed by atoms with Crippen molar-refractivity contribution in [2.24, 2.45) is 5.92 Å². The van der Waals surface area contributed by atoms with Gasteiger partial charge in [-0.1, -0.05) is 24.3 Å². The van der Waals surface area contributed by atoms with Crippen LogP contribution in [0, 0.1) is 5.92 Å². The Morgan fingerprint density at radius 2 is 2.08 bits per heavy atom. The van der Waals surface area contributed by atoms with Crippen molar-refractivity contribution in [3.63, 3.8) is 0 Å². The summed E-state index contributed by atoms with van der Waals surface area (Å²) in [6, 6.07) is 8.37. The maximum Gasteiger partial charge on any atom is 0.306 e. The molecule has 0 bridgehead atoms. The van der Waals surface area contributed by atoms with Crippen molar-refractivity contribution in [3.05, 3.63) is 42.4 Å². The summed E-state index contributed by atoms with van der Waals surface area (Å²) in [4.78, 5) is 15.3. The maximum absolute atomic E-state index is 15.1. The number of benzene rings is 1. The number of carboxylic acid groups (broad SMARTS) is 1. The summed E-state index contributed by atoms with van der Waals surface area (Å²) >= 11 is 0. The first-order valence-electron chi connectivity index (χ1n) is 8.60. The molecule has 4 nitrogen and oxygen atoms in total. The van der Waals surface area contributed by atoms with Crippen molar-refractivity contribution >= 4 is 5.97 Å². The summed E-state index contributed by atoms with van der Waals surface area (Å²) in [5.41, 5.74) is 2.28. The van der Waals surface area contributed by atoms with Gasteiger partial charge in [0.15, 0.2) is 0 Å². The van der Waals surface area contributed by atoms with E-state index in [1.807, 2.05) is 24.7 Å². The zero-order valence-corrected chi connectivity index (χ0v) is 13.5. The van der Waals surface area contributed by atoms with Crippen LogP contribution in [0.2, 0.25) is 0 Å². The van der Waals surface area contributed by atoms with E-state index in [1.165, 1.54) is 11.1 Å². The Bertz CT molecular complexity index is 762. The number of halogens is 1. The molecule has 4 rings (SSSR count). The van der Waals surface area contributed by atoms with Crippen LogP contribution in [0.3, 0.4) is 0 Å². The molecule has 0 amide bonds. The first-order valence-corrected chi connectivity index (χ1v) is 8.60. The fourth-order valence-electron chi connectivity index (χ4n) is 4.25. The smallest absolute Gasteiger partial charge is 0.306 e. The molecule has 1 aliphatic heterocycles. The molecule has 2 heterocycles. The third-order valence-electron chi connectivity index (χ3n) is 5.69. The molecule has 0 radical (unpaired) electrons. The molecule has 2 aromatic rings. The largest absolute Gasteiger partial charge is 0.481 e. The lowest BCUT2D eigenvalue weighted by molar-refractivity contribution is -0.143. The van der Waals surface area contributed by atoms with Crippen LogP contribution in [-0.4, -0.2) is 26.3 Å². The highest BCUT2D eigenvalue weighted by Gasteiger charge is 2.39. The van der Waals surface area contributed by atoms with Crippen LogP contribution in [0.4, 0.5) is 4.39 Å². The van der Waals surface area contributed by atoms with E-state index in [2.05, 4.69) is 21.7 Å². The van der Waals surface area contributed by atoms with Gasteiger partial charge in [0.2, 0.25) is 0 Å². The molecule has 24 heavy (non-hydrogen) atoms. The quantitative estimate of drug-likeness (QED) is 0.914. The highest BCUT2D eigenvalue weighted by molar-refractivity contribution is 5.70. The molecule has 1 fully saturated rings. The second-order valence-corrected chi connectivity index (χ2v) is 7.09. The number of alkyl halides is 1. The van der Waals surface area contributed by atoms with Gasteiger partial charge in [0, 0.05) is 5.56 Å². The monoisotopic (exact) mass is 328 g/mol. The molecular formula is C19H21FN2O2. The van der Waals surface area contributed by atoms with Gasteiger partial charge in [-0.3, -0.25) is 4.79 Å². The third kappa shape index (κ3) is 2.52. The number of aliphatic carboxylic acids is 1. The Balaban J connectivity index is 1.48. The maximum atomic E-state index is 15.1. The summed E-state index contributed by atoms with van der Waals surface area (Å²) in [7, 11) is 0. The molecule has 1 aromatic carbocycles. The first kappa shape index (κ1) is 15.4. The number of hydrogen-bond donors (Lipinski definition) is 1. The molecular weight excluding hydrogens is 307 g/mol. The van der Waals surface area contributed by atoms with Crippen molar-refractivity contribution < 1.29 is 14.3 Å². The number of imidazole rings is 1. The van der Waals surface area contributed by atoms with Crippen molar-refractivity contribution in [3.8, 4) is 11.3 Å². The van der Waals surface area contributed by atoms with Gasteiger partial charge < -0.3 is 9.67 Å². The van der Waals surface area contributed by atoms with E-state index >= 15 is 4.39 Å². The highest BCUT2D eigenvalue weighted by Crippen LogP contribution is 2.45. The summed E-state index contributed by atoms with van der Waals surface area (Å²) in [6.07, 6.45) is 6.48. The molecule has 0 spiro atoms. The van der Waals surface area contributed by atoms with Crippen LogP contribution in [0.25, 0.3) is 11.3 Å². The minimum atomic E-state index is -1.23. The van der Waals surface area contributed by atoms with Gasteiger partial charge in [0.05, 0.1) is 30.2 Å². The predicted molar refractivity (Wildman–Crippen MR) is 88.5 cm³/mol. The molecule has 1 aromatic heterocycles. The molecule has 1 atom stereocenters. The molecule has 0 saturated heterocycles. The Morgan fingerprint density at radius 3 is 2.83 bits per heavy atom. The fourth-order valence-corrected chi connectivity index (χ4v) is 4.25.